The second-order valence-electron chi connectivity index (χ2n) is 8.13. The van der Waals surface area contributed by atoms with E-state index in [1.165, 1.54) is 30.7 Å². The Kier molecular flexibility index (Phi) is 5.88. The van der Waals surface area contributed by atoms with Gasteiger partial charge < -0.3 is 5.32 Å². The maximum Gasteiger partial charge on any atom is 0.417 e. The van der Waals surface area contributed by atoms with E-state index in [0.717, 1.165) is 11.6 Å². The fourth-order valence-electron chi connectivity index (χ4n) is 3.92. The van der Waals surface area contributed by atoms with Crippen molar-refractivity contribution >= 4 is 22.6 Å². The molecule has 3 aromatic heterocycles. The van der Waals surface area contributed by atoms with E-state index in [2.05, 4.69) is 20.5 Å². The van der Waals surface area contributed by atoms with Crippen LogP contribution in [0.25, 0.3) is 11.0 Å². The summed E-state index contributed by atoms with van der Waals surface area (Å²) in [4.78, 5) is 17.0. The zero-order valence-electron chi connectivity index (χ0n) is 19.0. The molecule has 1 aromatic carbocycles. The first-order valence-corrected chi connectivity index (χ1v) is 10.4. The average Bonchev–Trinajstić information content (AvgIpc) is 3.19. The number of benzene rings is 1. The maximum absolute atomic E-state index is 13.5. The quantitative estimate of drug-likeness (QED) is 0.425. The number of carbonyl (C=O) groups excluding carboxylic acids is 1. The van der Waals surface area contributed by atoms with Gasteiger partial charge >= 0.3 is 6.18 Å². The number of aryl methyl sites for hydroxylation is 3. The van der Waals surface area contributed by atoms with Gasteiger partial charge in [-0.15, -0.1) is 0 Å². The van der Waals surface area contributed by atoms with Crippen molar-refractivity contribution < 1.29 is 22.4 Å². The van der Waals surface area contributed by atoms with Crippen molar-refractivity contribution in [1.82, 2.24) is 24.5 Å². The number of pyridine rings is 1. The molecule has 3 heterocycles. The van der Waals surface area contributed by atoms with Gasteiger partial charge in [0.25, 0.3) is 0 Å². The van der Waals surface area contributed by atoms with E-state index in [1.54, 1.807) is 30.7 Å². The highest BCUT2D eigenvalue weighted by Crippen LogP contribution is 2.36. The van der Waals surface area contributed by atoms with E-state index < -0.39 is 17.6 Å². The molecule has 178 valence electrons. The van der Waals surface area contributed by atoms with Gasteiger partial charge in [-0.3, -0.25) is 9.48 Å². The number of aromatic nitrogens is 5. The van der Waals surface area contributed by atoms with Gasteiger partial charge in [-0.05, 0) is 51.5 Å². The van der Waals surface area contributed by atoms with Crippen molar-refractivity contribution in [2.24, 2.45) is 0 Å². The van der Waals surface area contributed by atoms with Crippen LogP contribution in [0, 0.1) is 33.5 Å². The normalized spacial score (nSPS) is 11.9. The number of hydrogen-bond acceptors (Lipinski definition) is 4. The molecule has 0 fully saturated rings. The number of anilines is 1. The summed E-state index contributed by atoms with van der Waals surface area (Å²) in [7, 11) is 0. The number of nitrogens with one attached hydrogen (secondary N) is 1. The first-order chi connectivity index (χ1) is 15.9. The maximum atomic E-state index is 13.5. The van der Waals surface area contributed by atoms with Gasteiger partial charge in [0.05, 0.1) is 40.3 Å². The molecule has 0 aliphatic carbocycles. The summed E-state index contributed by atoms with van der Waals surface area (Å²) >= 11 is 0. The number of fused-ring (bicyclic) bond motifs is 1. The fraction of sp³-hybridized carbons (Fsp3) is 0.304. The molecule has 4 aromatic rings. The Bertz CT molecular complexity index is 1390. The molecule has 0 aliphatic heterocycles. The largest absolute Gasteiger partial charge is 0.417 e. The van der Waals surface area contributed by atoms with Crippen LogP contribution in [0.15, 0.2) is 30.3 Å². The molecule has 0 bridgehead atoms. The van der Waals surface area contributed by atoms with E-state index in [1.807, 2.05) is 0 Å². The molecule has 34 heavy (non-hydrogen) atoms. The molecule has 7 nitrogen and oxygen atoms in total. The molecule has 0 saturated heterocycles. The second kappa shape index (κ2) is 8.54. The van der Waals surface area contributed by atoms with Gasteiger partial charge in [-0.25, -0.2) is 14.1 Å². The molecule has 0 saturated carbocycles. The van der Waals surface area contributed by atoms with Gasteiger partial charge in [0.2, 0.25) is 5.91 Å². The van der Waals surface area contributed by atoms with Crippen LogP contribution in [-0.4, -0.2) is 30.5 Å². The predicted octanol–water partition coefficient (Wildman–Crippen LogP) is 4.71. The molecule has 1 N–H and O–H groups in total. The van der Waals surface area contributed by atoms with Gasteiger partial charge in [0, 0.05) is 5.69 Å². The first-order valence-electron chi connectivity index (χ1n) is 10.4. The molecule has 0 spiro atoms. The summed E-state index contributed by atoms with van der Waals surface area (Å²) in [5, 5.41) is 11.2. The fourth-order valence-corrected chi connectivity index (χ4v) is 3.92. The van der Waals surface area contributed by atoms with Crippen molar-refractivity contribution in [2.75, 3.05) is 5.32 Å². The van der Waals surface area contributed by atoms with Crippen LogP contribution < -0.4 is 5.32 Å². The molecule has 11 heteroatoms. The van der Waals surface area contributed by atoms with Crippen LogP contribution in [-0.2, 0) is 24.1 Å². The minimum Gasteiger partial charge on any atom is -0.321 e. The van der Waals surface area contributed by atoms with Crippen molar-refractivity contribution in [3.8, 4) is 0 Å². The van der Waals surface area contributed by atoms with Crippen molar-refractivity contribution in [2.45, 2.75) is 47.0 Å². The van der Waals surface area contributed by atoms with Crippen molar-refractivity contribution in [3.63, 3.8) is 0 Å². The lowest BCUT2D eigenvalue weighted by Crippen LogP contribution is -2.20. The number of alkyl halides is 3. The average molecular weight is 474 g/mol. The molecular formula is C23H22F4N6O. The lowest BCUT2D eigenvalue weighted by molar-refractivity contribution is -0.136. The number of nitrogens with zero attached hydrogens (tertiary/aromatic N) is 5. The highest BCUT2D eigenvalue weighted by atomic mass is 19.4. The molecule has 0 aliphatic rings. The highest BCUT2D eigenvalue weighted by Gasteiger charge is 2.35. The zero-order valence-corrected chi connectivity index (χ0v) is 19.0. The lowest BCUT2D eigenvalue weighted by Gasteiger charge is -2.10. The number of hydrogen-bond donors (Lipinski definition) is 1. The topological polar surface area (TPSA) is 77.6 Å². The zero-order chi connectivity index (χ0) is 24.8. The van der Waals surface area contributed by atoms with Crippen LogP contribution in [0.3, 0.4) is 0 Å². The molecule has 0 unspecified atom stereocenters. The molecule has 0 atom stereocenters. The van der Waals surface area contributed by atoms with Crippen LogP contribution in [0.1, 0.15) is 33.9 Å². The van der Waals surface area contributed by atoms with Crippen molar-refractivity contribution in [3.05, 3.63) is 70.1 Å². The minimum absolute atomic E-state index is 0.000392. The third-order valence-corrected chi connectivity index (χ3v) is 5.50. The lowest BCUT2D eigenvalue weighted by atomic mass is 10.1. The van der Waals surface area contributed by atoms with Crippen LogP contribution in [0.5, 0.6) is 0 Å². The first kappa shape index (κ1) is 23.4. The summed E-state index contributed by atoms with van der Waals surface area (Å²) in [6.45, 7) is 6.50. The van der Waals surface area contributed by atoms with Crippen LogP contribution in [0.2, 0.25) is 0 Å². The SMILES string of the molecule is Cc1cc(C(F)(F)F)c2c(C)nn(CC(=O)Nc3c(C)nn(Cc4ccc(F)cc4)c3C)c2n1. The Labute approximate surface area is 192 Å². The number of halogens is 4. The Hall–Kier alpha value is -3.76. The smallest absolute Gasteiger partial charge is 0.321 e. The monoisotopic (exact) mass is 474 g/mol. The van der Waals surface area contributed by atoms with E-state index in [9.17, 15) is 22.4 Å². The standard InChI is InChI=1S/C23H22F4N6O/c1-12-9-18(23(25,26)27)20-13(2)30-33(22(20)28-12)11-19(34)29-21-14(3)31-32(15(21)4)10-16-5-7-17(24)8-6-16/h5-9H,10-11H2,1-4H3,(H,29,34). The number of rotatable bonds is 5. The summed E-state index contributed by atoms with van der Waals surface area (Å²) in [6.07, 6.45) is -4.57. The Balaban J connectivity index is 1.58. The van der Waals surface area contributed by atoms with E-state index in [4.69, 9.17) is 0 Å². The summed E-state index contributed by atoms with van der Waals surface area (Å²) in [5.74, 6) is -0.813. The molecular weight excluding hydrogens is 452 g/mol. The summed E-state index contributed by atoms with van der Waals surface area (Å²) < 4.78 is 56.6. The van der Waals surface area contributed by atoms with Crippen LogP contribution >= 0.6 is 0 Å². The summed E-state index contributed by atoms with van der Waals surface area (Å²) in [5.41, 5.74) is 2.09. The third-order valence-electron chi connectivity index (χ3n) is 5.50. The summed E-state index contributed by atoms with van der Waals surface area (Å²) in [6, 6.07) is 7.00. The highest BCUT2D eigenvalue weighted by molar-refractivity contribution is 5.93. The van der Waals surface area contributed by atoms with Gasteiger partial charge in [-0.1, -0.05) is 12.1 Å². The second-order valence-corrected chi connectivity index (χ2v) is 8.13. The Morgan fingerprint density at radius 3 is 2.29 bits per heavy atom. The van der Waals surface area contributed by atoms with E-state index in [0.29, 0.717) is 23.6 Å². The number of carbonyl (C=O) groups is 1. The number of amides is 1. The Morgan fingerprint density at radius 2 is 1.65 bits per heavy atom. The minimum atomic E-state index is -4.57. The van der Waals surface area contributed by atoms with E-state index >= 15 is 0 Å². The third kappa shape index (κ3) is 4.50. The van der Waals surface area contributed by atoms with Gasteiger partial charge in [-0.2, -0.15) is 23.4 Å². The van der Waals surface area contributed by atoms with Gasteiger partial charge in [0.15, 0.2) is 5.65 Å². The molecule has 0 radical (unpaired) electrons. The van der Waals surface area contributed by atoms with Gasteiger partial charge in [0.1, 0.15) is 12.4 Å². The van der Waals surface area contributed by atoms with E-state index in [-0.39, 0.29) is 34.8 Å². The van der Waals surface area contributed by atoms with Crippen molar-refractivity contribution in [1.29, 1.82) is 0 Å². The molecule has 1 amide bonds. The Morgan fingerprint density at radius 1 is 1.00 bits per heavy atom. The predicted molar refractivity (Wildman–Crippen MR) is 118 cm³/mol. The van der Waals surface area contributed by atoms with Crippen LogP contribution in [0.4, 0.5) is 23.2 Å². The molecule has 4 rings (SSSR count).